The molecule has 1 aromatic carbocycles. The zero-order valence-corrected chi connectivity index (χ0v) is 12.7. The van der Waals surface area contributed by atoms with Crippen LogP contribution in [0.2, 0.25) is 0 Å². The number of rotatable bonds is 3. The number of aliphatic hydroxyl groups is 1. The lowest BCUT2D eigenvalue weighted by Gasteiger charge is -2.24. The smallest absolute Gasteiger partial charge is 0.124 e. The molecule has 2 aliphatic rings. The van der Waals surface area contributed by atoms with Gasteiger partial charge in [0.25, 0.3) is 0 Å². The predicted molar refractivity (Wildman–Crippen MR) is 76.6 cm³/mol. The van der Waals surface area contributed by atoms with E-state index in [9.17, 15) is 9.50 Å². The van der Waals surface area contributed by atoms with Crippen LogP contribution in [0.15, 0.2) is 22.7 Å². The third kappa shape index (κ3) is 2.86. The summed E-state index contributed by atoms with van der Waals surface area (Å²) in [6.07, 6.45) is 3.91. The van der Waals surface area contributed by atoms with Gasteiger partial charge in [-0.05, 0) is 43.9 Å². The van der Waals surface area contributed by atoms with Crippen molar-refractivity contribution in [1.82, 2.24) is 4.90 Å². The van der Waals surface area contributed by atoms with Gasteiger partial charge >= 0.3 is 0 Å². The molecular formula is C15H19BrFNO. The molecule has 1 heterocycles. The van der Waals surface area contributed by atoms with Gasteiger partial charge < -0.3 is 5.11 Å². The average molecular weight is 328 g/mol. The Morgan fingerprint density at radius 3 is 2.84 bits per heavy atom. The topological polar surface area (TPSA) is 23.5 Å². The van der Waals surface area contributed by atoms with E-state index in [0.717, 1.165) is 23.0 Å². The monoisotopic (exact) mass is 327 g/mol. The number of halogens is 2. The minimum Gasteiger partial charge on any atom is -0.388 e. The van der Waals surface area contributed by atoms with E-state index >= 15 is 0 Å². The quantitative estimate of drug-likeness (QED) is 0.922. The van der Waals surface area contributed by atoms with Gasteiger partial charge in [0.1, 0.15) is 5.82 Å². The maximum Gasteiger partial charge on any atom is 0.124 e. The van der Waals surface area contributed by atoms with Crippen LogP contribution in [-0.2, 0) is 6.42 Å². The van der Waals surface area contributed by atoms with Crippen molar-refractivity contribution in [3.8, 4) is 0 Å². The molecule has 1 N–H and O–H groups in total. The lowest BCUT2D eigenvalue weighted by molar-refractivity contribution is 0.0485. The van der Waals surface area contributed by atoms with Crippen LogP contribution in [0, 0.1) is 5.82 Å². The van der Waals surface area contributed by atoms with Crippen LogP contribution in [0.3, 0.4) is 0 Å². The van der Waals surface area contributed by atoms with Crippen LogP contribution in [0.25, 0.3) is 0 Å². The summed E-state index contributed by atoms with van der Waals surface area (Å²) in [5.74, 6) is -0.248. The molecule has 2 nitrogen and oxygen atoms in total. The second kappa shape index (κ2) is 4.83. The molecule has 104 valence electrons. The summed E-state index contributed by atoms with van der Waals surface area (Å²) in [6.45, 7) is 2.93. The fourth-order valence-corrected chi connectivity index (χ4v) is 3.76. The van der Waals surface area contributed by atoms with E-state index < -0.39 is 5.60 Å². The number of hydrogen-bond acceptors (Lipinski definition) is 2. The predicted octanol–water partition coefficient (Wildman–Crippen LogP) is 3.12. The van der Waals surface area contributed by atoms with Gasteiger partial charge in [-0.2, -0.15) is 0 Å². The molecule has 1 aliphatic carbocycles. The summed E-state index contributed by atoms with van der Waals surface area (Å²) in [5.41, 5.74) is 0.302. The van der Waals surface area contributed by atoms with Gasteiger partial charge in [-0.15, -0.1) is 0 Å². The SMILES string of the molecule is CC1CC(O)(Cc2ccc(F)cc2Br)CN1C1CC1. The molecule has 1 aromatic rings. The Morgan fingerprint density at radius 2 is 2.21 bits per heavy atom. The summed E-state index contributed by atoms with van der Waals surface area (Å²) >= 11 is 3.39. The molecule has 0 aromatic heterocycles. The molecule has 0 spiro atoms. The second-order valence-corrected chi connectivity index (χ2v) is 6.95. The van der Waals surface area contributed by atoms with Crippen LogP contribution in [0.5, 0.6) is 0 Å². The van der Waals surface area contributed by atoms with Crippen LogP contribution < -0.4 is 0 Å². The molecule has 1 saturated carbocycles. The van der Waals surface area contributed by atoms with Gasteiger partial charge in [0.05, 0.1) is 5.60 Å². The summed E-state index contributed by atoms with van der Waals surface area (Å²) in [4.78, 5) is 2.43. The Kier molecular flexibility index (Phi) is 3.44. The molecule has 4 heteroatoms. The molecule has 0 radical (unpaired) electrons. The minimum atomic E-state index is -0.678. The normalized spacial score (nSPS) is 31.9. The van der Waals surface area contributed by atoms with Crippen molar-refractivity contribution in [2.45, 2.75) is 50.3 Å². The third-order valence-corrected chi connectivity index (χ3v) is 5.01. The highest BCUT2D eigenvalue weighted by atomic mass is 79.9. The molecule has 1 aliphatic heterocycles. The molecule has 0 amide bonds. The number of likely N-dealkylation sites (tertiary alicyclic amines) is 1. The van der Waals surface area contributed by atoms with E-state index in [-0.39, 0.29) is 5.82 Å². The lowest BCUT2D eigenvalue weighted by atomic mass is 9.92. The Hall–Kier alpha value is -0.450. The van der Waals surface area contributed by atoms with Gasteiger partial charge in [0.15, 0.2) is 0 Å². The number of benzene rings is 1. The molecular weight excluding hydrogens is 309 g/mol. The first-order valence-electron chi connectivity index (χ1n) is 6.89. The summed E-state index contributed by atoms with van der Waals surface area (Å²) in [5, 5.41) is 10.8. The maximum atomic E-state index is 13.1. The van der Waals surface area contributed by atoms with Crippen molar-refractivity contribution < 1.29 is 9.50 Å². The van der Waals surface area contributed by atoms with Crippen molar-refractivity contribution in [3.05, 3.63) is 34.1 Å². The number of nitrogens with zero attached hydrogens (tertiary/aromatic N) is 1. The van der Waals surface area contributed by atoms with Crippen molar-refractivity contribution in [1.29, 1.82) is 0 Å². The summed E-state index contributed by atoms with van der Waals surface area (Å²) in [6, 6.07) is 5.82. The van der Waals surface area contributed by atoms with Gasteiger partial charge in [-0.25, -0.2) is 4.39 Å². The zero-order chi connectivity index (χ0) is 13.6. The lowest BCUT2D eigenvalue weighted by Crippen LogP contribution is -2.36. The molecule has 0 bridgehead atoms. The third-order valence-electron chi connectivity index (χ3n) is 4.27. The van der Waals surface area contributed by atoms with E-state index in [1.54, 1.807) is 6.07 Å². The van der Waals surface area contributed by atoms with E-state index in [2.05, 4.69) is 27.8 Å². The highest BCUT2D eigenvalue weighted by molar-refractivity contribution is 9.10. The first kappa shape index (κ1) is 13.5. The largest absolute Gasteiger partial charge is 0.388 e. The first-order chi connectivity index (χ1) is 8.97. The van der Waals surface area contributed by atoms with Crippen LogP contribution >= 0.6 is 15.9 Å². The Bertz CT molecular complexity index is 491. The van der Waals surface area contributed by atoms with E-state index in [0.29, 0.717) is 18.5 Å². The van der Waals surface area contributed by atoms with Crippen LogP contribution in [-0.4, -0.2) is 34.2 Å². The Morgan fingerprint density at radius 1 is 1.47 bits per heavy atom. The van der Waals surface area contributed by atoms with Gasteiger partial charge in [-0.3, -0.25) is 4.90 Å². The fourth-order valence-electron chi connectivity index (χ4n) is 3.27. The Balaban J connectivity index is 1.75. The van der Waals surface area contributed by atoms with Crippen molar-refractivity contribution in [3.63, 3.8) is 0 Å². The van der Waals surface area contributed by atoms with Crippen molar-refractivity contribution in [2.75, 3.05) is 6.54 Å². The zero-order valence-electron chi connectivity index (χ0n) is 11.1. The molecule has 2 unspecified atom stereocenters. The molecule has 19 heavy (non-hydrogen) atoms. The van der Waals surface area contributed by atoms with Gasteiger partial charge in [0.2, 0.25) is 0 Å². The molecule has 3 rings (SSSR count). The second-order valence-electron chi connectivity index (χ2n) is 6.09. The highest BCUT2D eigenvalue weighted by Crippen LogP contribution is 2.39. The van der Waals surface area contributed by atoms with Gasteiger partial charge in [-0.1, -0.05) is 22.0 Å². The first-order valence-corrected chi connectivity index (χ1v) is 7.68. The van der Waals surface area contributed by atoms with Crippen LogP contribution in [0.1, 0.15) is 31.7 Å². The van der Waals surface area contributed by atoms with Crippen molar-refractivity contribution >= 4 is 15.9 Å². The maximum absolute atomic E-state index is 13.1. The average Bonchev–Trinajstić information content (AvgIpc) is 3.10. The fraction of sp³-hybridized carbons (Fsp3) is 0.600. The molecule has 2 atom stereocenters. The summed E-state index contributed by atoms with van der Waals surface area (Å²) < 4.78 is 13.8. The van der Waals surface area contributed by atoms with Crippen molar-refractivity contribution in [2.24, 2.45) is 0 Å². The standard InChI is InChI=1S/C15H19BrFNO/c1-10-7-15(19,9-18(10)13-4-5-13)8-11-2-3-12(17)6-14(11)16/h2-3,6,10,13,19H,4-5,7-9H2,1H3. The highest BCUT2D eigenvalue weighted by Gasteiger charge is 2.46. The number of β-amino-alcohol motifs (C(OH)–C–C–N with tert-alkyl or cyclic N) is 1. The molecule has 1 saturated heterocycles. The molecule has 2 fully saturated rings. The van der Waals surface area contributed by atoms with Gasteiger partial charge in [0, 0.05) is 29.5 Å². The van der Waals surface area contributed by atoms with Crippen LogP contribution in [0.4, 0.5) is 4.39 Å². The minimum absolute atomic E-state index is 0.248. The number of hydrogen-bond donors (Lipinski definition) is 1. The summed E-state index contributed by atoms with van der Waals surface area (Å²) in [7, 11) is 0. The Labute approximate surface area is 121 Å². The van der Waals surface area contributed by atoms with E-state index in [4.69, 9.17) is 0 Å². The van der Waals surface area contributed by atoms with E-state index in [1.165, 1.54) is 25.0 Å². The van der Waals surface area contributed by atoms with E-state index in [1.807, 2.05) is 0 Å².